The Morgan fingerprint density at radius 1 is 1.52 bits per heavy atom. The van der Waals surface area contributed by atoms with Gasteiger partial charge in [0, 0.05) is 12.3 Å². The van der Waals surface area contributed by atoms with Crippen molar-refractivity contribution in [2.24, 2.45) is 0 Å². The molecule has 0 unspecified atom stereocenters. The minimum Gasteiger partial charge on any atom is -0.459 e. The van der Waals surface area contributed by atoms with Gasteiger partial charge >= 0.3 is 5.97 Å². The van der Waals surface area contributed by atoms with E-state index in [-0.39, 0.29) is 6.42 Å². The van der Waals surface area contributed by atoms with Gasteiger partial charge in [0.05, 0.1) is 0 Å². The maximum atomic E-state index is 11.2. The van der Waals surface area contributed by atoms with Crippen molar-refractivity contribution in [2.45, 2.75) is 63.2 Å². The fraction of sp³-hybridized carbons (Fsp3) is 0.786. The molecule has 1 N–H and O–H groups in total. The summed E-state index contributed by atoms with van der Waals surface area (Å²) in [6, 6.07) is 0. The molecular formula is C14H21BrO6. The first kappa shape index (κ1) is 16.9. The molecule has 0 aliphatic carbocycles. The van der Waals surface area contributed by atoms with Crippen LogP contribution in [0.3, 0.4) is 0 Å². The van der Waals surface area contributed by atoms with Crippen molar-refractivity contribution >= 4 is 21.9 Å². The second-order valence-electron chi connectivity index (χ2n) is 5.77. The van der Waals surface area contributed by atoms with Gasteiger partial charge in [0.1, 0.15) is 23.9 Å². The molecule has 0 amide bonds. The van der Waals surface area contributed by atoms with Gasteiger partial charge in [0.15, 0.2) is 12.1 Å². The monoisotopic (exact) mass is 364 g/mol. The van der Waals surface area contributed by atoms with Crippen LogP contribution >= 0.6 is 15.9 Å². The van der Waals surface area contributed by atoms with E-state index in [2.05, 4.69) is 22.5 Å². The smallest absolute Gasteiger partial charge is 0.303 e. The maximum Gasteiger partial charge on any atom is 0.303 e. The van der Waals surface area contributed by atoms with Gasteiger partial charge < -0.3 is 24.1 Å². The van der Waals surface area contributed by atoms with Crippen molar-refractivity contribution in [1.29, 1.82) is 0 Å². The molecule has 2 saturated heterocycles. The van der Waals surface area contributed by atoms with Crippen LogP contribution in [-0.4, -0.2) is 52.4 Å². The fourth-order valence-electron chi connectivity index (χ4n) is 2.85. The van der Waals surface area contributed by atoms with Crippen molar-refractivity contribution in [3.8, 4) is 0 Å². The first-order valence-corrected chi connectivity index (χ1v) is 7.93. The molecule has 21 heavy (non-hydrogen) atoms. The lowest BCUT2D eigenvalue weighted by Crippen LogP contribution is -2.54. The van der Waals surface area contributed by atoms with Crippen molar-refractivity contribution in [3.05, 3.63) is 12.7 Å². The Kier molecular flexibility index (Phi) is 4.80. The molecule has 6 nitrogen and oxygen atoms in total. The molecule has 0 spiro atoms. The van der Waals surface area contributed by atoms with E-state index in [0.29, 0.717) is 5.33 Å². The van der Waals surface area contributed by atoms with E-state index < -0.39 is 42.0 Å². The van der Waals surface area contributed by atoms with Crippen LogP contribution in [0, 0.1) is 0 Å². The van der Waals surface area contributed by atoms with Crippen LogP contribution < -0.4 is 0 Å². The number of fused-ring (bicyclic) bond motifs is 1. The van der Waals surface area contributed by atoms with Crippen LogP contribution in [0.4, 0.5) is 0 Å². The summed E-state index contributed by atoms with van der Waals surface area (Å²) in [5.74, 6) is -1.27. The summed E-state index contributed by atoms with van der Waals surface area (Å²) in [6.45, 7) is 8.49. The first-order valence-electron chi connectivity index (χ1n) is 6.81. The lowest BCUT2D eigenvalue weighted by molar-refractivity contribution is -0.242. The standard InChI is InChI=1S/C14H21BrO6/c1-5-6-14(17)10(9(7-15)18-8(2)16)19-12-11(14)20-13(3,4)21-12/h5,9-12,17H,1,6-7H2,2-4H3/t9-,10-,11+,12-,14+/m1/s1. The third-order valence-electron chi connectivity index (χ3n) is 3.60. The zero-order chi connectivity index (χ0) is 15.8. The highest BCUT2D eigenvalue weighted by molar-refractivity contribution is 9.09. The minimum absolute atomic E-state index is 0.239. The molecule has 7 heteroatoms. The molecule has 2 heterocycles. The normalized spacial score (nSPS) is 38.8. The minimum atomic E-state index is -1.37. The van der Waals surface area contributed by atoms with Gasteiger partial charge in [-0.15, -0.1) is 6.58 Å². The summed E-state index contributed by atoms with van der Waals surface area (Å²) in [5.41, 5.74) is -1.37. The third kappa shape index (κ3) is 3.17. The summed E-state index contributed by atoms with van der Waals surface area (Å²) < 4.78 is 22.4. The van der Waals surface area contributed by atoms with E-state index in [1.54, 1.807) is 19.9 Å². The molecule has 120 valence electrons. The fourth-order valence-corrected chi connectivity index (χ4v) is 3.32. The maximum absolute atomic E-state index is 11.2. The molecule has 5 atom stereocenters. The molecule has 2 aliphatic rings. The molecule has 0 aromatic heterocycles. The molecule has 2 aliphatic heterocycles. The molecule has 0 saturated carbocycles. The predicted octanol–water partition coefficient (Wildman–Crippen LogP) is 1.50. The van der Waals surface area contributed by atoms with Crippen LogP contribution in [0.2, 0.25) is 0 Å². The number of alkyl halides is 1. The number of halogens is 1. The zero-order valence-electron chi connectivity index (χ0n) is 12.4. The van der Waals surface area contributed by atoms with Crippen molar-refractivity contribution in [2.75, 3.05) is 5.33 Å². The number of hydrogen-bond donors (Lipinski definition) is 1. The van der Waals surface area contributed by atoms with E-state index in [9.17, 15) is 9.90 Å². The average molecular weight is 365 g/mol. The van der Waals surface area contributed by atoms with Crippen molar-refractivity contribution < 1.29 is 28.8 Å². The van der Waals surface area contributed by atoms with Crippen LogP contribution in [0.15, 0.2) is 12.7 Å². The molecule has 2 rings (SSSR count). The van der Waals surface area contributed by atoms with Gasteiger partial charge in [-0.25, -0.2) is 0 Å². The Balaban J connectivity index is 2.26. The Bertz CT molecular complexity index is 426. The van der Waals surface area contributed by atoms with Crippen LogP contribution in [0.25, 0.3) is 0 Å². The Hall–Kier alpha value is -0.470. The van der Waals surface area contributed by atoms with Gasteiger partial charge in [-0.2, -0.15) is 0 Å². The van der Waals surface area contributed by atoms with Crippen molar-refractivity contribution in [3.63, 3.8) is 0 Å². The number of ether oxygens (including phenoxy) is 4. The number of carbonyl (C=O) groups is 1. The third-order valence-corrected chi connectivity index (χ3v) is 4.24. The highest BCUT2D eigenvalue weighted by Gasteiger charge is 2.64. The summed E-state index contributed by atoms with van der Waals surface area (Å²) >= 11 is 3.28. The van der Waals surface area contributed by atoms with E-state index in [0.717, 1.165) is 0 Å². The average Bonchev–Trinajstić information content (AvgIpc) is 2.80. The molecule has 2 fully saturated rings. The van der Waals surface area contributed by atoms with Gasteiger partial charge in [-0.1, -0.05) is 22.0 Å². The van der Waals surface area contributed by atoms with Crippen LogP contribution in [-0.2, 0) is 23.7 Å². The molecule has 0 radical (unpaired) electrons. The van der Waals surface area contributed by atoms with E-state index in [4.69, 9.17) is 18.9 Å². The summed E-state index contributed by atoms with van der Waals surface area (Å²) in [7, 11) is 0. The Morgan fingerprint density at radius 3 is 2.71 bits per heavy atom. The van der Waals surface area contributed by atoms with Gasteiger partial charge in [0.2, 0.25) is 0 Å². The zero-order valence-corrected chi connectivity index (χ0v) is 14.0. The molecule has 0 aromatic rings. The van der Waals surface area contributed by atoms with Gasteiger partial charge in [0.25, 0.3) is 0 Å². The second-order valence-corrected chi connectivity index (χ2v) is 6.41. The molecule has 0 bridgehead atoms. The van der Waals surface area contributed by atoms with E-state index in [1.807, 2.05) is 0 Å². The largest absolute Gasteiger partial charge is 0.459 e. The van der Waals surface area contributed by atoms with E-state index >= 15 is 0 Å². The summed E-state index contributed by atoms with van der Waals surface area (Å²) in [4.78, 5) is 11.2. The Labute approximate surface area is 132 Å². The van der Waals surface area contributed by atoms with Gasteiger partial charge in [-0.3, -0.25) is 4.79 Å². The van der Waals surface area contributed by atoms with E-state index in [1.165, 1.54) is 6.92 Å². The highest BCUT2D eigenvalue weighted by atomic mass is 79.9. The first-order chi connectivity index (χ1) is 9.73. The Morgan fingerprint density at radius 2 is 2.19 bits per heavy atom. The molecular weight excluding hydrogens is 344 g/mol. The quantitative estimate of drug-likeness (QED) is 0.452. The molecule has 0 aromatic carbocycles. The van der Waals surface area contributed by atoms with Gasteiger partial charge in [-0.05, 0) is 20.3 Å². The van der Waals surface area contributed by atoms with Crippen LogP contribution in [0.5, 0.6) is 0 Å². The number of rotatable bonds is 5. The predicted molar refractivity (Wildman–Crippen MR) is 77.8 cm³/mol. The highest BCUT2D eigenvalue weighted by Crippen LogP contribution is 2.46. The summed E-state index contributed by atoms with van der Waals surface area (Å²) in [6.07, 6.45) is -0.937. The number of aliphatic hydroxyl groups is 1. The van der Waals surface area contributed by atoms with Crippen LogP contribution in [0.1, 0.15) is 27.2 Å². The number of hydrogen-bond acceptors (Lipinski definition) is 6. The lowest BCUT2D eigenvalue weighted by Gasteiger charge is -2.35. The topological polar surface area (TPSA) is 74.2 Å². The lowest BCUT2D eigenvalue weighted by atomic mass is 9.86. The summed E-state index contributed by atoms with van der Waals surface area (Å²) in [5, 5.41) is 11.4. The second kappa shape index (κ2) is 5.96. The number of carbonyl (C=O) groups excluding carboxylic acids is 1. The van der Waals surface area contributed by atoms with Crippen molar-refractivity contribution in [1.82, 2.24) is 0 Å². The number of esters is 1. The SMILES string of the molecule is C=CC[C@]1(O)[C@@H]([C@@H](CBr)OC(C)=O)O[C@@H]2OC(C)(C)O[C@@H]21.